The molecule has 0 aliphatic heterocycles. The van der Waals surface area contributed by atoms with E-state index in [0.29, 0.717) is 34.5 Å². The van der Waals surface area contributed by atoms with Gasteiger partial charge in [-0.2, -0.15) is 8.42 Å². The highest BCUT2D eigenvalue weighted by atomic mass is 32.2. The van der Waals surface area contributed by atoms with Gasteiger partial charge in [-0.1, -0.05) is 90.1 Å². The molecule has 226 valence electrons. The highest BCUT2D eigenvalue weighted by Gasteiger charge is 2.19. The highest BCUT2D eigenvalue weighted by Crippen LogP contribution is 2.35. The summed E-state index contributed by atoms with van der Waals surface area (Å²) >= 11 is 0. The van der Waals surface area contributed by atoms with Crippen LogP contribution < -0.4 is 4.74 Å². The van der Waals surface area contributed by atoms with Gasteiger partial charge in [0.2, 0.25) is 0 Å². The Labute approximate surface area is 258 Å². The number of benzene rings is 4. The van der Waals surface area contributed by atoms with Crippen molar-refractivity contribution < 1.29 is 22.8 Å². The molecule has 8 nitrogen and oxygen atoms in total. The lowest BCUT2D eigenvalue weighted by Crippen LogP contribution is -2.10. The summed E-state index contributed by atoms with van der Waals surface area (Å²) in [4.78, 5) is 14.1. The summed E-state index contributed by atoms with van der Waals surface area (Å²) in [6, 6.07) is 26.3. The van der Waals surface area contributed by atoms with Gasteiger partial charge in [0.1, 0.15) is 17.2 Å². The number of ether oxygens (including phenoxy) is 1. The van der Waals surface area contributed by atoms with E-state index in [1.165, 1.54) is 41.5 Å². The SMILES string of the molecule is CC(C)(C)c1ccc(-c2nc(-c3ccc(C(C)(C)C)cc3)nc(-c3ccc(Oc4ccc(S(=O)(=O)O)cc4)cc3O)n2)cc1. The summed E-state index contributed by atoms with van der Waals surface area (Å²) in [6.45, 7) is 13.0. The van der Waals surface area contributed by atoms with Crippen molar-refractivity contribution in [1.82, 2.24) is 15.0 Å². The average Bonchev–Trinajstić information content (AvgIpc) is 2.96. The summed E-state index contributed by atoms with van der Waals surface area (Å²) in [5, 5.41) is 11.1. The molecule has 0 unspecified atom stereocenters. The molecule has 0 spiro atoms. The third kappa shape index (κ3) is 6.96. The molecule has 1 heterocycles. The quantitative estimate of drug-likeness (QED) is 0.185. The van der Waals surface area contributed by atoms with Crippen LogP contribution in [0.4, 0.5) is 0 Å². The summed E-state index contributed by atoms with van der Waals surface area (Å²) in [5.41, 5.74) is 4.41. The van der Waals surface area contributed by atoms with Crippen molar-refractivity contribution in [3.63, 3.8) is 0 Å². The van der Waals surface area contributed by atoms with Crippen LogP contribution in [0, 0.1) is 0 Å². The number of hydrogen-bond donors (Lipinski definition) is 2. The van der Waals surface area contributed by atoms with Crippen LogP contribution in [0.2, 0.25) is 0 Å². The minimum absolute atomic E-state index is 0.00304. The Bertz CT molecular complexity index is 1830. The van der Waals surface area contributed by atoms with E-state index in [9.17, 15) is 18.1 Å². The van der Waals surface area contributed by atoms with Gasteiger partial charge in [-0.15, -0.1) is 0 Å². The van der Waals surface area contributed by atoms with Crippen molar-refractivity contribution in [2.45, 2.75) is 57.3 Å². The van der Waals surface area contributed by atoms with E-state index < -0.39 is 10.1 Å². The van der Waals surface area contributed by atoms with E-state index in [1.807, 2.05) is 24.3 Å². The third-order valence-corrected chi connectivity index (χ3v) is 8.09. The normalized spacial score (nSPS) is 12.2. The second-order valence-electron chi connectivity index (χ2n) is 12.7. The van der Waals surface area contributed by atoms with Gasteiger partial charge < -0.3 is 9.84 Å². The van der Waals surface area contributed by atoms with E-state index in [0.717, 1.165) is 11.1 Å². The average molecular weight is 610 g/mol. The first kappa shape index (κ1) is 30.8. The van der Waals surface area contributed by atoms with Gasteiger partial charge >= 0.3 is 0 Å². The maximum Gasteiger partial charge on any atom is 0.294 e. The van der Waals surface area contributed by atoms with E-state index in [4.69, 9.17) is 19.7 Å². The number of rotatable bonds is 6. The molecule has 0 amide bonds. The third-order valence-electron chi connectivity index (χ3n) is 7.22. The molecule has 0 radical (unpaired) electrons. The number of phenolic OH excluding ortho intramolecular Hbond substituents is 1. The van der Waals surface area contributed by atoms with Crippen LogP contribution in [0.15, 0.2) is 95.9 Å². The molecule has 0 bridgehead atoms. The lowest BCUT2D eigenvalue weighted by atomic mass is 9.86. The maximum atomic E-state index is 11.3. The van der Waals surface area contributed by atoms with Crippen LogP contribution in [0.5, 0.6) is 17.2 Å². The second-order valence-corrected chi connectivity index (χ2v) is 14.1. The molecule has 9 heteroatoms. The zero-order valence-electron chi connectivity index (χ0n) is 25.5. The van der Waals surface area contributed by atoms with Gasteiger partial charge in [-0.3, -0.25) is 4.55 Å². The van der Waals surface area contributed by atoms with Crippen molar-refractivity contribution >= 4 is 10.1 Å². The summed E-state index contributed by atoms with van der Waals surface area (Å²) in [7, 11) is -4.32. The molecule has 0 aliphatic rings. The monoisotopic (exact) mass is 609 g/mol. The van der Waals surface area contributed by atoms with Gasteiger partial charge in [0, 0.05) is 17.2 Å². The Balaban J connectivity index is 1.54. The zero-order valence-corrected chi connectivity index (χ0v) is 26.3. The molecule has 0 atom stereocenters. The molecule has 1 aromatic heterocycles. The Morgan fingerprint density at radius 1 is 0.591 bits per heavy atom. The standard InChI is InChI=1S/C35H35N3O5S/c1-34(2,3)24-11-7-22(8-12-24)31-36-32(23-9-13-25(14-10-23)35(4,5)6)38-33(37-31)29-20-17-27(21-30(29)39)43-26-15-18-28(19-16-26)44(40,41)42/h7-21,39H,1-6H3,(H,40,41,42). The Hall–Kier alpha value is -4.60. The fourth-order valence-electron chi connectivity index (χ4n) is 4.57. The Morgan fingerprint density at radius 3 is 1.43 bits per heavy atom. The second kappa shape index (κ2) is 11.5. The lowest BCUT2D eigenvalue weighted by Gasteiger charge is -2.19. The van der Waals surface area contributed by atoms with Gasteiger partial charge in [0.25, 0.3) is 10.1 Å². The van der Waals surface area contributed by atoms with E-state index >= 15 is 0 Å². The molecule has 44 heavy (non-hydrogen) atoms. The lowest BCUT2D eigenvalue weighted by molar-refractivity contribution is 0.456. The highest BCUT2D eigenvalue weighted by molar-refractivity contribution is 7.85. The number of aromatic hydroxyl groups is 1. The fraction of sp³-hybridized carbons (Fsp3) is 0.229. The largest absolute Gasteiger partial charge is 0.507 e. The zero-order chi connectivity index (χ0) is 31.9. The molecule has 0 fully saturated rings. The van der Waals surface area contributed by atoms with Crippen LogP contribution in [-0.2, 0) is 20.9 Å². The van der Waals surface area contributed by atoms with Gasteiger partial charge in [-0.05, 0) is 58.4 Å². The first-order valence-corrected chi connectivity index (χ1v) is 15.6. The van der Waals surface area contributed by atoms with E-state index in [-0.39, 0.29) is 21.5 Å². The topological polar surface area (TPSA) is 123 Å². The van der Waals surface area contributed by atoms with Crippen molar-refractivity contribution in [3.05, 3.63) is 102 Å². The molecule has 5 rings (SSSR count). The molecule has 4 aromatic carbocycles. The number of nitrogens with zero attached hydrogens (tertiary/aromatic N) is 3. The summed E-state index contributed by atoms with van der Waals surface area (Å²) in [6.07, 6.45) is 0. The predicted octanol–water partition coefficient (Wildman–Crippen LogP) is 8.21. The molecule has 0 saturated carbocycles. The van der Waals surface area contributed by atoms with Gasteiger partial charge in [0.05, 0.1) is 10.5 Å². The smallest absolute Gasteiger partial charge is 0.294 e. The Morgan fingerprint density at radius 2 is 1.02 bits per heavy atom. The minimum Gasteiger partial charge on any atom is -0.507 e. The maximum absolute atomic E-state index is 11.3. The number of aromatic nitrogens is 3. The van der Waals surface area contributed by atoms with Crippen LogP contribution in [-0.4, -0.2) is 33.0 Å². The minimum atomic E-state index is -4.32. The van der Waals surface area contributed by atoms with Crippen molar-refractivity contribution in [2.24, 2.45) is 0 Å². The van der Waals surface area contributed by atoms with Crippen LogP contribution in [0.25, 0.3) is 34.2 Å². The first-order valence-electron chi connectivity index (χ1n) is 14.1. The Kier molecular flexibility index (Phi) is 8.05. The molecule has 2 N–H and O–H groups in total. The molecule has 5 aromatic rings. The van der Waals surface area contributed by atoms with Crippen molar-refractivity contribution in [1.29, 1.82) is 0 Å². The molecule has 0 saturated heterocycles. The predicted molar refractivity (Wildman–Crippen MR) is 172 cm³/mol. The van der Waals surface area contributed by atoms with Crippen LogP contribution in [0.3, 0.4) is 0 Å². The molecular formula is C35H35N3O5S. The van der Waals surface area contributed by atoms with Gasteiger partial charge in [-0.25, -0.2) is 15.0 Å². The number of phenols is 1. The van der Waals surface area contributed by atoms with Crippen molar-refractivity contribution in [3.8, 4) is 51.4 Å². The summed E-state index contributed by atoms with van der Waals surface area (Å²) in [5.74, 6) is 1.79. The van der Waals surface area contributed by atoms with Crippen molar-refractivity contribution in [2.75, 3.05) is 0 Å². The van der Waals surface area contributed by atoms with E-state index in [1.54, 1.807) is 12.1 Å². The summed E-state index contributed by atoms with van der Waals surface area (Å²) < 4.78 is 37.6. The number of hydrogen-bond acceptors (Lipinski definition) is 7. The van der Waals surface area contributed by atoms with E-state index in [2.05, 4.69) is 65.8 Å². The molecule has 0 aliphatic carbocycles. The first-order chi connectivity index (χ1) is 20.6. The van der Waals surface area contributed by atoms with Crippen LogP contribution >= 0.6 is 0 Å². The van der Waals surface area contributed by atoms with Crippen LogP contribution in [0.1, 0.15) is 52.7 Å². The van der Waals surface area contributed by atoms with Gasteiger partial charge in [0.15, 0.2) is 17.5 Å². The molecular weight excluding hydrogens is 574 g/mol. The fourth-order valence-corrected chi connectivity index (χ4v) is 5.05.